The highest BCUT2D eigenvalue weighted by Gasteiger charge is 2.30. The molecule has 0 radical (unpaired) electrons. The van der Waals surface area contributed by atoms with E-state index in [1.165, 1.54) is 12.1 Å². The molecule has 6 heteroatoms. The third-order valence-electron chi connectivity index (χ3n) is 4.53. The fourth-order valence-electron chi connectivity index (χ4n) is 2.87. The van der Waals surface area contributed by atoms with Gasteiger partial charge in [-0.05, 0) is 55.3 Å². The van der Waals surface area contributed by atoms with E-state index in [-0.39, 0.29) is 6.61 Å². The van der Waals surface area contributed by atoms with Crippen molar-refractivity contribution in [3.8, 4) is 17.1 Å². The van der Waals surface area contributed by atoms with Crippen molar-refractivity contribution in [1.29, 1.82) is 0 Å². The summed E-state index contributed by atoms with van der Waals surface area (Å²) in [6, 6.07) is 12.1. The standard InChI is InChI=1S/C22H19F3O3/c1-14-11-20(8-5-16(14)9-10-26)27-13-18-12-21(28-15(18)2)17-3-6-19(7-4-17)22(23,24)25/h3-8,10-12H,9,13H2,1-2H3. The van der Waals surface area contributed by atoms with Crippen LogP contribution in [0.3, 0.4) is 0 Å². The van der Waals surface area contributed by atoms with Gasteiger partial charge in [0.2, 0.25) is 0 Å². The molecule has 3 aromatic rings. The fourth-order valence-corrected chi connectivity index (χ4v) is 2.87. The fraction of sp³-hybridized carbons (Fsp3) is 0.227. The number of aryl methyl sites for hydroxylation is 2. The van der Waals surface area contributed by atoms with Gasteiger partial charge in [0.1, 0.15) is 30.2 Å². The van der Waals surface area contributed by atoms with Crippen molar-refractivity contribution in [3.05, 3.63) is 76.5 Å². The first-order valence-corrected chi connectivity index (χ1v) is 8.71. The number of rotatable bonds is 6. The summed E-state index contributed by atoms with van der Waals surface area (Å²) in [6.45, 7) is 3.96. The molecule has 0 spiro atoms. The maximum atomic E-state index is 12.7. The van der Waals surface area contributed by atoms with E-state index in [0.29, 0.717) is 29.3 Å². The van der Waals surface area contributed by atoms with Gasteiger partial charge in [0.15, 0.2) is 0 Å². The third-order valence-corrected chi connectivity index (χ3v) is 4.53. The first kappa shape index (κ1) is 19.7. The number of hydrogen-bond donors (Lipinski definition) is 0. The number of aldehydes is 1. The summed E-state index contributed by atoms with van der Waals surface area (Å²) >= 11 is 0. The first-order chi connectivity index (χ1) is 13.3. The lowest BCUT2D eigenvalue weighted by Crippen LogP contribution is -2.03. The van der Waals surface area contributed by atoms with Crippen LogP contribution in [-0.4, -0.2) is 6.29 Å². The van der Waals surface area contributed by atoms with Gasteiger partial charge in [-0.1, -0.05) is 18.2 Å². The summed E-state index contributed by atoms with van der Waals surface area (Å²) in [5.74, 6) is 1.80. The Kier molecular flexibility index (Phi) is 5.58. The Morgan fingerprint density at radius 3 is 2.32 bits per heavy atom. The van der Waals surface area contributed by atoms with Crippen LogP contribution in [0.4, 0.5) is 13.2 Å². The molecular weight excluding hydrogens is 369 g/mol. The summed E-state index contributed by atoms with van der Waals surface area (Å²) < 4.78 is 49.6. The average Bonchev–Trinajstić information content (AvgIpc) is 3.02. The van der Waals surface area contributed by atoms with Gasteiger partial charge >= 0.3 is 6.18 Å². The van der Waals surface area contributed by atoms with Crippen LogP contribution in [0.25, 0.3) is 11.3 Å². The second-order valence-corrected chi connectivity index (χ2v) is 6.51. The monoisotopic (exact) mass is 388 g/mol. The molecule has 0 aliphatic rings. The Balaban J connectivity index is 1.72. The molecule has 0 unspecified atom stereocenters. The van der Waals surface area contributed by atoms with Gasteiger partial charge in [-0.15, -0.1) is 0 Å². The van der Waals surface area contributed by atoms with E-state index >= 15 is 0 Å². The van der Waals surface area contributed by atoms with Gasteiger partial charge in [-0.25, -0.2) is 0 Å². The van der Waals surface area contributed by atoms with Crippen molar-refractivity contribution in [2.75, 3.05) is 0 Å². The van der Waals surface area contributed by atoms with Crippen LogP contribution in [-0.2, 0) is 24.0 Å². The zero-order valence-electron chi connectivity index (χ0n) is 15.5. The maximum Gasteiger partial charge on any atom is 0.416 e. The molecule has 1 aromatic heterocycles. The normalized spacial score (nSPS) is 11.5. The Bertz CT molecular complexity index is 970. The van der Waals surface area contributed by atoms with Gasteiger partial charge in [-0.2, -0.15) is 13.2 Å². The number of carbonyl (C=O) groups excluding carboxylic acids is 1. The molecule has 0 amide bonds. The van der Waals surface area contributed by atoms with Gasteiger partial charge in [0, 0.05) is 17.5 Å². The highest BCUT2D eigenvalue weighted by molar-refractivity contribution is 5.59. The van der Waals surface area contributed by atoms with E-state index in [1.807, 2.05) is 19.1 Å². The third kappa shape index (κ3) is 4.44. The lowest BCUT2D eigenvalue weighted by molar-refractivity contribution is -0.137. The van der Waals surface area contributed by atoms with Gasteiger partial charge in [0.25, 0.3) is 0 Å². The van der Waals surface area contributed by atoms with E-state index in [0.717, 1.165) is 35.1 Å². The van der Waals surface area contributed by atoms with Crippen molar-refractivity contribution in [2.45, 2.75) is 33.1 Å². The summed E-state index contributed by atoms with van der Waals surface area (Å²) in [5.41, 5.74) is 2.60. The second-order valence-electron chi connectivity index (χ2n) is 6.51. The Labute approximate surface area is 160 Å². The van der Waals surface area contributed by atoms with Gasteiger partial charge < -0.3 is 13.9 Å². The van der Waals surface area contributed by atoms with Crippen LogP contribution in [0.2, 0.25) is 0 Å². The molecule has 3 nitrogen and oxygen atoms in total. The second kappa shape index (κ2) is 7.92. The Hall–Kier alpha value is -3.02. The smallest absolute Gasteiger partial charge is 0.416 e. The predicted octanol–water partition coefficient (Wildman–Crippen LogP) is 5.90. The summed E-state index contributed by atoms with van der Waals surface area (Å²) in [5, 5.41) is 0. The van der Waals surface area contributed by atoms with Crippen molar-refractivity contribution in [1.82, 2.24) is 0 Å². The zero-order chi connectivity index (χ0) is 20.3. The van der Waals surface area contributed by atoms with E-state index in [1.54, 1.807) is 19.1 Å². The van der Waals surface area contributed by atoms with Crippen LogP contribution in [0.1, 0.15) is 28.0 Å². The van der Waals surface area contributed by atoms with Crippen LogP contribution < -0.4 is 4.74 Å². The first-order valence-electron chi connectivity index (χ1n) is 8.71. The number of hydrogen-bond acceptors (Lipinski definition) is 3. The molecule has 1 heterocycles. The van der Waals surface area contributed by atoms with E-state index in [2.05, 4.69) is 0 Å². The number of furan rings is 1. The molecule has 0 atom stereocenters. The Morgan fingerprint density at radius 1 is 1.00 bits per heavy atom. The van der Waals surface area contributed by atoms with Crippen molar-refractivity contribution < 1.29 is 27.1 Å². The lowest BCUT2D eigenvalue weighted by atomic mass is 10.1. The highest BCUT2D eigenvalue weighted by atomic mass is 19.4. The molecule has 0 aliphatic carbocycles. The molecule has 2 aromatic carbocycles. The molecule has 0 aliphatic heterocycles. The quantitative estimate of drug-likeness (QED) is 0.493. The number of benzene rings is 2. The lowest BCUT2D eigenvalue weighted by Gasteiger charge is -2.08. The molecule has 0 fully saturated rings. The molecule has 0 N–H and O–H groups in total. The van der Waals surface area contributed by atoms with Crippen molar-refractivity contribution in [2.24, 2.45) is 0 Å². The topological polar surface area (TPSA) is 39.4 Å². The highest BCUT2D eigenvalue weighted by Crippen LogP contribution is 2.32. The minimum atomic E-state index is -4.37. The van der Waals surface area contributed by atoms with Crippen molar-refractivity contribution >= 4 is 6.29 Å². The molecule has 0 bridgehead atoms. The van der Waals surface area contributed by atoms with Crippen LogP contribution in [0.15, 0.2) is 52.9 Å². The van der Waals surface area contributed by atoms with E-state index < -0.39 is 11.7 Å². The van der Waals surface area contributed by atoms with E-state index in [4.69, 9.17) is 9.15 Å². The largest absolute Gasteiger partial charge is 0.489 e. The summed E-state index contributed by atoms with van der Waals surface area (Å²) in [7, 11) is 0. The maximum absolute atomic E-state index is 12.7. The molecule has 0 saturated carbocycles. The van der Waals surface area contributed by atoms with Crippen molar-refractivity contribution in [3.63, 3.8) is 0 Å². The molecule has 28 heavy (non-hydrogen) atoms. The summed E-state index contributed by atoms with van der Waals surface area (Å²) in [4.78, 5) is 10.6. The minimum Gasteiger partial charge on any atom is -0.489 e. The number of alkyl halides is 3. The molecule has 3 rings (SSSR count). The van der Waals surface area contributed by atoms with Crippen LogP contribution >= 0.6 is 0 Å². The number of carbonyl (C=O) groups is 1. The summed E-state index contributed by atoms with van der Waals surface area (Å²) in [6.07, 6.45) is -3.14. The molecule has 0 saturated heterocycles. The van der Waals surface area contributed by atoms with E-state index in [9.17, 15) is 18.0 Å². The van der Waals surface area contributed by atoms with Crippen LogP contribution in [0.5, 0.6) is 5.75 Å². The Morgan fingerprint density at radius 2 is 1.71 bits per heavy atom. The van der Waals surface area contributed by atoms with Gasteiger partial charge in [0.05, 0.1) is 5.56 Å². The molecule has 146 valence electrons. The average molecular weight is 388 g/mol. The minimum absolute atomic E-state index is 0.266. The van der Waals surface area contributed by atoms with Gasteiger partial charge in [-0.3, -0.25) is 0 Å². The number of ether oxygens (including phenoxy) is 1. The molecular formula is C22H19F3O3. The SMILES string of the molecule is Cc1cc(OCc2cc(-c3ccc(C(F)(F)F)cc3)oc2C)ccc1CC=O. The predicted molar refractivity (Wildman–Crippen MR) is 99.2 cm³/mol. The van der Waals surface area contributed by atoms with Crippen LogP contribution in [0, 0.1) is 13.8 Å². The zero-order valence-corrected chi connectivity index (χ0v) is 15.5. The number of halogens is 3.